The van der Waals surface area contributed by atoms with E-state index in [2.05, 4.69) is 4.72 Å². The maximum absolute atomic E-state index is 11.8. The van der Waals surface area contributed by atoms with Gasteiger partial charge < -0.3 is 4.74 Å². The fraction of sp³-hybridized carbons (Fsp3) is 0.294. The van der Waals surface area contributed by atoms with Gasteiger partial charge in [-0.05, 0) is 36.1 Å². The lowest BCUT2D eigenvalue weighted by Gasteiger charge is -2.08. The summed E-state index contributed by atoms with van der Waals surface area (Å²) in [4.78, 5) is 0. The molecular formula is C17H19NO3S. The zero-order valence-corrected chi connectivity index (χ0v) is 13.1. The molecule has 3 rings (SSSR count). The standard InChI is InChI=1S/C17H19NO3S/c19-22(20,17-10-11-17)18-12-14-6-8-16(9-7-14)21-13-15-4-2-1-3-5-15/h1-9,17-18H,10-13H2. The van der Waals surface area contributed by atoms with Crippen LogP contribution in [-0.4, -0.2) is 13.7 Å². The molecule has 0 radical (unpaired) electrons. The third-order valence-electron chi connectivity index (χ3n) is 3.61. The van der Waals surface area contributed by atoms with E-state index in [-0.39, 0.29) is 5.25 Å². The monoisotopic (exact) mass is 317 g/mol. The molecule has 4 nitrogen and oxygen atoms in total. The number of sulfonamides is 1. The molecule has 0 heterocycles. The quantitative estimate of drug-likeness (QED) is 0.854. The predicted octanol–water partition coefficient (Wildman–Crippen LogP) is 2.85. The number of benzene rings is 2. The van der Waals surface area contributed by atoms with Crippen molar-refractivity contribution in [2.75, 3.05) is 0 Å². The van der Waals surface area contributed by atoms with Crippen molar-refractivity contribution >= 4 is 10.0 Å². The van der Waals surface area contributed by atoms with E-state index >= 15 is 0 Å². The first-order valence-corrected chi connectivity index (χ1v) is 8.92. The summed E-state index contributed by atoms with van der Waals surface area (Å²) in [7, 11) is -3.12. The van der Waals surface area contributed by atoms with Crippen molar-refractivity contribution in [1.82, 2.24) is 4.72 Å². The minimum absolute atomic E-state index is 0.180. The van der Waals surface area contributed by atoms with Crippen molar-refractivity contribution < 1.29 is 13.2 Å². The molecule has 0 saturated heterocycles. The second-order valence-electron chi connectivity index (χ2n) is 5.48. The molecule has 5 heteroatoms. The van der Waals surface area contributed by atoms with Crippen LogP contribution in [0.2, 0.25) is 0 Å². The van der Waals surface area contributed by atoms with Crippen LogP contribution in [0.4, 0.5) is 0 Å². The van der Waals surface area contributed by atoms with Gasteiger partial charge in [-0.15, -0.1) is 0 Å². The van der Waals surface area contributed by atoms with Crippen LogP contribution in [0.1, 0.15) is 24.0 Å². The molecule has 0 atom stereocenters. The SMILES string of the molecule is O=S(=O)(NCc1ccc(OCc2ccccc2)cc1)C1CC1. The Bertz CT molecular complexity index is 707. The van der Waals surface area contributed by atoms with Crippen molar-refractivity contribution in [3.05, 3.63) is 65.7 Å². The van der Waals surface area contributed by atoms with Crippen LogP contribution in [0.25, 0.3) is 0 Å². The molecule has 1 aliphatic rings. The molecule has 1 aliphatic carbocycles. The summed E-state index contributed by atoms with van der Waals surface area (Å²) in [5, 5.41) is -0.180. The van der Waals surface area contributed by atoms with Crippen LogP contribution in [0.15, 0.2) is 54.6 Å². The van der Waals surface area contributed by atoms with Crippen molar-refractivity contribution in [3.8, 4) is 5.75 Å². The normalized spacial score (nSPS) is 14.7. The fourth-order valence-electron chi connectivity index (χ4n) is 2.12. The highest BCUT2D eigenvalue weighted by molar-refractivity contribution is 7.90. The third-order valence-corrected chi connectivity index (χ3v) is 5.51. The molecule has 0 aliphatic heterocycles. The Hall–Kier alpha value is -1.85. The van der Waals surface area contributed by atoms with Gasteiger partial charge in [0.2, 0.25) is 10.0 Å². The Morgan fingerprint density at radius 2 is 1.64 bits per heavy atom. The minimum Gasteiger partial charge on any atom is -0.489 e. The van der Waals surface area contributed by atoms with Gasteiger partial charge >= 0.3 is 0 Å². The molecule has 0 amide bonds. The van der Waals surface area contributed by atoms with E-state index in [4.69, 9.17) is 4.74 Å². The molecule has 1 fully saturated rings. The highest BCUT2D eigenvalue weighted by Crippen LogP contribution is 2.27. The van der Waals surface area contributed by atoms with Crippen LogP contribution in [0.3, 0.4) is 0 Å². The van der Waals surface area contributed by atoms with Crippen molar-refractivity contribution in [3.63, 3.8) is 0 Å². The fourth-order valence-corrected chi connectivity index (χ4v) is 3.48. The number of nitrogens with one attached hydrogen (secondary N) is 1. The molecule has 0 spiro atoms. The molecule has 1 saturated carbocycles. The summed E-state index contributed by atoms with van der Waals surface area (Å²) in [5.41, 5.74) is 2.04. The smallest absolute Gasteiger partial charge is 0.214 e. The lowest BCUT2D eigenvalue weighted by Crippen LogP contribution is -2.26. The molecular weight excluding hydrogens is 298 g/mol. The topological polar surface area (TPSA) is 55.4 Å². The Morgan fingerprint density at radius 1 is 0.955 bits per heavy atom. The molecule has 0 aromatic heterocycles. The van der Waals surface area contributed by atoms with Gasteiger partial charge in [0.05, 0.1) is 5.25 Å². The van der Waals surface area contributed by atoms with E-state index in [1.54, 1.807) is 0 Å². The zero-order valence-electron chi connectivity index (χ0n) is 12.2. The van der Waals surface area contributed by atoms with E-state index < -0.39 is 10.0 Å². The summed E-state index contributed by atoms with van der Waals surface area (Å²) in [6, 6.07) is 17.5. The summed E-state index contributed by atoms with van der Waals surface area (Å²) in [6.07, 6.45) is 1.56. The molecule has 2 aromatic carbocycles. The third kappa shape index (κ3) is 4.08. The Morgan fingerprint density at radius 3 is 2.27 bits per heavy atom. The van der Waals surface area contributed by atoms with E-state index in [1.165, 1.54) is 0 Å². The average molecular weight is 317 g/mol. The highest BCUT2D eigenvalue weighted by Gasteiger charge is 2.35. The van der Waals surface area contributed by atoms with Crippen LogP contribution < -0.4 is 9.46 Å². The van der Waals surface area contributed by atoms with Crippen LogP contribution >= 0.6 is 0 Å². The second-order valence-corrected chi connectivity index (χ2v) is 7.53. The molecule has 116 valence electrons. The molecule has 0 bridgehead atoms. The van der Waals surface area contributed by atoms with Gasteiger partial charge in [0.15, 0.2) is 0 Å². The van der Waals surface area contributed by atoms with Crippen LogP contribution in [-0.2, 0) is 23.2 Å². The van der Waals surface area contributed by atoms with E-state index in [9.17, 15) is 8.42 Å². The number of hydrogen-bond donors (Lipinski definition) is 1. The van der Waals surface area contributed by atoms with Gasteiger partial charge in [-0.2, -0.15) is 0 Å². The number of rotatable bonds is 7. The maximum atomic E-state index is 11.8. The second kappa shape index (κ2) is 6.50. The highest BCUT2D eigenvalue weighted by atomic mass is 32.2. The number of hydrogen-bond acceptors (Lipinski definition) is 3. The van der Waals surface area contributed by atoms with E-state index in [0.717, 1.165) is 29.7 Å². The van der Waals surface area contributed by atoms with Gasteiger partial charge in [0.1, 0.15) is 12.4 Å². The molecule has 1 N–H and O–H groups in total. The largest absolute Gasteiger partial charge is 0.489 e. The molecule has 0 unspecified atom stereocenters. The number of ether oxygens (including phenoxy) is 1. The van der Waals surface area contributed by atoms with Gasteiger partial charge in [0.25, 0.3) is 0 Å². The molecule has 22 heavy (non-hydrogen) atoms. The van der Waals surface area contributed by atoms with Crippen molar-refractivity contribution in [1.29, 1.82) is 0 Å². The first-order valence-electron chi connectivity index (χ1n) is 7.38. The van der Waals surface area contributed by atoms with Crippen molar-refractivity contribution in [2.24, 2.45) is 0 Å². The van der Waals surface area contributed by atoms with Crippen molar-refractivity contribution in [2.45, 2.75) is 31.2 Å². The zero-order chi connectivity index (χ0) is 15.4. The van der Waals surface area contributed by atoms with Crippen LogP contribution in [0.5, 0.6) is 5.75 Å². The summed E-state index contributed by atoms with van der Waals surface area (Å²) >= 11 is 0. The van der Waals surface area contributed by atoms with E-state index in [0.29, 0.717) is 13.2 Å². The summed E-state index contributed by atoms with van der Waals surface area (Å²) in [5.74, 6) is 0.776. The Kier molecular flexibility index (Phi) is 4.45. The Labute approximate surface area is 131 Å². The summed E-state index contributed by atoms with van der Waals surface area (Å²) in [6.45, 7) is 0.853. The van der Waals surface area contributed by atoms with Gasteiger partial charge in [-0.25, -0.2) is 13.1 Å². The van der Waals surface area contributed by atoms with Gasteiger partial charge in [-0.1, -0.05) is 42.5 Å². The first-order chi connectivity index (χ1) is 10.6. The van der Waals surface area contributed by atoms with Gasteiger partial charge in [0, 0.05) is 6.54 Å². The lowest BCUT2D eigenvalue weighted by atomic mass is 10.2. The maximum Gasteiger partial charge on any atom is 0.214 e. The lowest BCUT2D eigenvalue weighted by molar-refractivity contribution is 0.306. The first kappa shape index (κ1) is 15.1. The van der Waals surface area contributed by atoms with E-state index in [1.807, 2.05) is 54.6 Å². The minimum atomic E-state index is -3.12. The van der Waals surface area contributed by atoms with Gasteiger partial charge in [-0.3, -0.25) is 0 Å². The predicted molar refractivity (Wildman–Crippen MR) is 86.0 cm³/mol. The average Bonchev–Trinajstić information content (AvgIpc) is 3.38. The molecule has 2 aromatic rings. The van der Waals surface area contributed by atoms with Crippen LogP contribution in [0, 0.1) is 0 Å². The summed E-state index contributed by atoms with van der Waals surface area (Å²) < 4.78 is 31.9. The Balaban J connectivity index is 1.51.